The zero-order chi connectivity index (χ0) is 25.9. The number of benzene rings is 3. The van der Waals surface area contributed by atoms with Gasteiger partial charge in [-0.15, -0.1) is 0 Å². The number of alkyl halides is 3. The molecule has 0 saturated carbocycles. The first-order valence-corrected chi connectivity index (χ1v) is 11.8. The van der Waals surface area contributed by atoms with E-state index in [2.05, 4.69) is 10.3 Å². The molecule has 3 aromatic carbocycles. The first kappa shape index (κ1) is 25.4. The van der Waals surface area contributed by atoms with Crippen molar-refractivity contribution >= 4 is 34.6 Å². The average Bonchev–Trinajstić information content (AvgIpc) is 3.18. The van der Waals surface area contributed by atoms with Gasteiger partial charge in [0.25, 0.3) is 5.91 Å². The molecule has 0 atom stereocenters. The Morgan fingerprint density at radius 3 is 2.56 bits per heavy atom. The van der Waals surface area contributed by atoms with Crippen LogP contribution in [0.3, 0.4) is 0 Å². The molecule has 1 aliphatic heterocycles. The molecule has 1 heterocycles. The fraction of sp³-hybridized carbons (Fsp3) is 0.185. The lowest BCUT2D eigenvalue weighted by Crippen LogP contribution is -2.19. The zero-order valence-corrected chi connectivity index (χ0v) is 20.6. The summed E-state index contributed by atoms with van der Waals surface area (Å²) < 4.78 is 50.0. The summed E-state index contributed by atoms with van der Waals surface area (Å²) in [4.78, 5) is 17.5. The van der Waals surface area contributed by atoms with Crippen molar-refractivity contribution in [1.29, 1.82) is 0 Å². The Balaban J connectivity index is 1.48. The van der Waals surface area contributed by atoms with Crippen molar-refractivity contribution in [2.24, 2.45) is 4.99 Å². The summed E-state index contributed by atoms with van der Waals surface area (Å²) in [5, 5.41) is 3.27. The minimum Gasteiger partial charge on any atom is -0.493 e. The Kier molecular flexibility index (Phi) is 7.40. The van der Waals surface area contributed by atoms with Gasteiger partial charge >= 0.3 is 6.18 Å². The number of hydrogen-bond donors (Lipinski definition) is 1. The highest BCUT2D eigenvalue weighted by atomic mass is 32.2. The number of aliphatic imine (C=N–C) groups is 1. The lowest BCUT2D eigenvalue weighted by atomic mass is 10.1. The molecule has 36 heavy (non-hydrogen) atoms. The second-order valence-electron chi connectivity index (χ2n) is 8.17. The second kappa shape index (κ2) is 10.5. The van der Waals surface area contributed by atoms with E-state index in [1.807, 2.05) is 32.0 Å². The fourth-order valence-electron chi connectivity index (χ4n) is 3.56. The van der Waals surface area contributed by atoms with E-state index >= 15 is 0 Å². The van der Waals surface area contributed by atoms with Crippen LogP contribution in [0.15, 0.2) is 70.6 Å². The number of halogens is 3. The standard InChI is InChI=1S/C27H23F3N2O3S/c1-16-7-9-21(17(2)11-16)31-26-32-25(33)24(36-26)14-18-8-10-22(23(13-18)34-3)35-15-19-5-4-6-20(12-19)27(28,29)30/h4-14H,15H2,1-3H3,(H,31,32,33)/b24-14+. The number of hydrogen-bond acceptors (Lipinski definition) is 5. The number of aryl methyl sites for hydroxylation is 2. The van der Waals surface area contributed by atoms with E-state index in [0.717, 1.165) is 28.9 Å². The Morgan fingerprint density at radius 1 is 1.03 bits per heavy atom. The van der Waals surface area contributed by atoms with Crippen LogP contribution in [0.2, 0.25) is 0 Å². The fourth-order valence-corrected chi connectivity index (χ4v) is 4.40. The van der Waals surface area contributed by atoms with Crippen LogP contribution < -0.4 is 14.8 Å². The average molecular weight is 513 g/mol. The van der Waals surface area contributed by atoms with Crippen LogP contribution in [-0.2, 0) is 17.6 Å². The highest BCUT2D eigenvalue weighted by molar-refractivity contribution is 8.18. The van der Waals surface area contributed by atoms with E-state index in [4.69, 9.17) is 9.47 Å². The highest BCUT2D eigenvalue weighted by Crippen LogP contribution is 2.34. The summed E-state index contributed by atoms with van der Waals surface area (Å²) in [6.45, 7) is 3.91. The van der Waals surface area contributed by atoms with Crippen LogP contribution >= 0.6 is 11.8 Å². The molecular formula is C27H23F3N2O3S. The van der Waals surface area contributed by atoms with Crippen LogP contribution in [0.1, 0.15) is 27.8 Å². The van der Waals surface area contributed by atoms with Gasteiger partial charge < -0.3 is 14.8 Å². The number of nitrogens with one attached hydrogen (secondary N) is 1. The molecule has 1 N–H and O–H groups in total. The molecule has 1 aliphatic rings. The maximum atomic E-state index is 13.0. The minimum absolute atomic E-state index is 0.0583. The Labute approximate surface area is 211 Å². The van der Waals surface area contributed by atoms with Gasteiger partial charge in [-0.2, -0.15) is 13.2 Å². The number of carbonyl (C=O) groups is 1. The molecule has 3 aromatic rings. The third-order valence-corrected chi connectivity index (χ3v) is 6.27. The van der Waals surface area contributed by atoms with Gasteiger partial charge in [0.05, 0.1) is 23.3 Å². The quantitative estimate of drug-likeness (QED) is 0.369. The number of nitrogens with zero attached hydrogens (tertiary/aromatic N) is 1. The summed E-state index contributed by atoms with van der Waals surface area (Å²) in [5.74, 6) is 0.508. The van der Waals surface area contributed by atoms with Crippen LogP contribution in [0.25, 0.3) is 6.08 Å². The molecule has 1 amide bonds. The zero-order valence-electron chi connectivity index (χ0n) is 19.8. The van der Waals surface area contributed by atoms with Gasteiger partial charge in [0.1, 0.15) is 6.61 Å². The van der Waals surface area contributed by atoms with Crippen molar-refractivity contribution in [3.05, 3.63) is 93.4 Å². The van der Waals surface area contributed by atoms with Crippen LogP contribution in [0, 0.1) is 13.8 Å². The van der Waals surface area contributed by atoms with Crippen LogP contribution in [0.5, 0.6) is 11.5 Å². The highest BCUT2D eigenvalue weighted by Gasteiger charge is 2.30. The Morgan fingerprint density at radius 2 is 1.83 bits per heavy atom. The van der Waals surface area contributed by atoms with Crippen LogP contribution in [0.4, 0.5) is 18.9 Å². The van der Waals surface area contributed by atoms with Gasteiger partial charge in [-0.05, 0) is 78.7 Å². The Bertz CT molecular complexity index is 1370. The maximum Gasteiger partial charge on any atom is 0.416 e. The van der Waals surface area contributed by atoms with E-state index < -0.39 is 11.7 Å². The minimum atomic E-state index is -4.42. The summed E-state index contributed by atoms with van der Waals surface area (Å²) in [5.41, 5.74) is 3.28. The molecule has 9 heteroatoms. The van der Waals surface area contributed by atoms with E-state index in [1.54, 1.807) is 30.3 Å². The number of thioether (sulfide) groups is 1. The molecule has 0 aromatic heterocycles. The van der Waals surface area contributed by atoms with Crippen molar-refractivity contribution < 1.29 is 27.4 Å². The van der Waals surface area contributed by atoms with Gasteiger partial charge in [0, 0.05) is 0 Å². The summed E-state index contributed by atoms with van der Waals surface area (Å²) >= 11 is 1.24. The predicted molar refractivity (Wildman–Crippen MR) is 135 cm³/mol. The molecule has 4 rings (SSSR count). The number of methoxy groups -OCH3 is 1. The van der Waals surface area contributed by atoms with Gasteiger partial charge in [0.15, 0.2) is 16.7 Å². The lowest BCUT2D eigenvalue weighted by molar-refractivity contribution is -0.137. The van der Waals surface area contributed by atoms with Crippen molar-refractivity contribution in [2.75, 3.05) is 7.11 Å². The van der Waals surface area contributed by atoms with E-state index in [9.17, 15) is 18.0 Å². The molecule has 186 valence electrons. The van der Waals surface area contributed by atoms with Crippen LogP contribution in [-0.4, -0.2) is 18.2 Å². The maximum absolute atomic E-state index is 13.0. The molecule has 0 radical (unpaired) electrons. The molecule has 5 nitrogen and oxygen atoms in total. The molecule has 0 unspecified atom stereocenters. The molecule has 0 aliphatic carbocycles. The number of ether oxygens (including phenoxy) is 2. The first-order valence-electron chi connectivity index (χ1n) is 11.0. The summed E-state index contributed by atoms with van der Waals surface area (Å²) in [7, 11) is 1.47. The van der Waals surface area contributed by atoms with Crippen molar-refractivity contribution in [3.8, 4) is 11.5 Å². The number of amides is 1. The van der Waals surface area contributed by atoms with Crippen molar-refractivity contribution in [2.45, 2.75) is 26.6 Å². The summed E-state index contributed by atoms with van der Waals surface area (Å²) in [6.07, 6.45) is -2.71. The SMILES string of the molecule is COc1cc(/C=C2/SC(=Nc3ccc(C)cc3C)NC2=O)ccc1OCc1cccc(C(F)(F)F)c1. The molecule has 0 bridgehead atoms. The van der Waals surface area contributed by atoms with Gasteiger partial charge in [-0.1, -0.05) is 35.9 Å². The van der Waals surface area contributed by atoms with Crippen molar-refractivity contribution in [3.63, 3.8) is 0 Å². The van der Waals surface area contributed by atoms with Gasteiger partial charge in [0.2, 0.25) is 0 Å². The molecular weight excluding hydrogens is 489 g/mol. The third-order valence-electron chi connectivity index (χ3n) is 5.36. The largest absolute Gasteiger partial charge is 0.493 e. The van der Waals surface area contributed by atoms with E-state index in [-0.39, 0.29) is 12.5 Å². The number of amidine groups is 1. The van der Waals surface area contributed by atoms with E-state index in [0.29, 0.717) is 32.7 Å². The molecule has 1 saturated heterocycles. The first-order chi connectivity index (χ1) is 17.1. The monoisotopic (exact) mass is 512 g/mol. The predicted octanol–water partition coefficient (Wildman–Crippen LogP) is 6.80. The van der Waals surface area contributed by atoms with Gasteiger partial charge in [-0.25, -0.2) is 4.99 Å². The Hall–Kier alpha value is -3.72. The third kappa shape index (κ3) is 6.09. The van der Waals surface area contributed by atoms with Crippen molar-refractivity contribution in [1.82, 2.24) is 5.32 Å². The number of rotatable bonds is 6. The molecule has 0 spiro atoms. The van der Waals surface area contributed by atoms with Gasteiger partial charge in [-0.3, -0.25) is 4.79 Å². The lowest BCUT2D eigenvalue weighted by Gasteiger charge is -2.13. The molecule has 1 fully saturated rings. The number of carbonyl (C=O) groups excluding carboxylic acids is 1. The second-order valence-corrected chi connectivity index (χ2v) is 9.20. The van der Waals surface area contributed by atoms with E-state index in [1.165, 1.54) is 24.9 Å². The summed E-state index contributed by atoms with van der Waals surface area (Å²) in [6, 6.07) is 16.0. The smallest absolute Gasteiger partial charge is 0.416 e. The topological polar surface area (TPSA) is 59.9 Å². The normalized spacial score (nSPS) is 15.9.